The monoisotopic (exact) mass is 399 g/mol. The first-order valence-corrected chi connectivity index (χ1v) is 11.0. The van der Waals surface area contributed by atoms with Crippen molar-refractivity contribution in [2.75, 3.05) is 26.7 Å². The first kappa shape index (κ1) is 19.0. The maximum atomic E-state index is 12.7. The standard InChI is InChI=1S/C21H25N3O3S/c1-27-17-10-8-16(9-11-17)19(15-23-28(25,26)24-12-4-5-13-24)20-14-22-21-7-3-2-6-18(20)21/h2-3,6-11,14,19,22-23H,4-5,12-13,15H2,1H3. The molecule has 4 rings (SSSR count). The van der Waals surface area contributed by atoms with Crippen LogP contribution in [-0.4, -0.2) is 44.5 Å². The van der Waals surface area contributed by atoms with Gasteiger partial charge in [-0.05, 0) is 42.2 Å². The third-order valence-corrected chi connectivity index (χ3v) is 6.97. The molecule has 0 radical (unpaired) electrons. The fraction of sp³-hybridized carbons (Fsp3) is 0.333. The molecule has 1 fully saturated rings. The van der Waals surface area contributed by atoms with Crippen LogP contribution in [0.5, 0.6) is 5.75 Å². The number of benzene rings is 2. The van der Waals surface area contributed by atoms with Gasteiger partial charge in [0.25, 0.3) is 10.2 Å². The summed E-state index contributed by atoms with van der Waals surface area (Å²) < 4.78 is 35.0. The van der Waals surface area contributed by atoms with Crippen molar-refractivity contribution < 1.29 is 13.2 Å². The second-order valence-corrected chi connectivity index (χ2v) is 8.83. The highest BCUT2D eigenvalue weighted by molar-refractivity contribution is 7.87. The zero-order chi connectivity index (χ0) is 19.6. The van der Waals surface area contributed by atoms with Gasteiger partial charge in [-0.2, -0.15) is 12.7 Å². The van der Waals surface area contributed by atoms with E-state index in [1.54, 1.807) is 7.11 Å². The summed E-state index contributed by atoms with van der Waals surface area (Å²) in [5.41, 5.74) is 3.15. The van der Waals surface area contributed by atoms with Crippen LogP contribution in [0.2, 0.25) is 0 Å². The fourth-order valence-electron chi connectivity index (χ4n) is 3.83. The molecule has 3 aromatic rings. The number of aromatic nitrogens is 1. The Balaban J connectivity index is 1.67. The van der Waals surface area contributed by atoms with Gasteiger partial charge in [0.2, 0.25) is 0 Å². The van der Waals surface area contributed by atoms with E-state index in [-0.39, 0.29) is 5.92 Å². The Morgan fingerprint density at radius 1 is 1.11 bits per heavy atom. The summed E-state index contributed by atoms with van der Waals surface area (Å²) in [5, 5.41) is 1.10. The van der Waals surface area contributed by atoms with Crippen molar-refractivity contribution in [3.63, 3.8) is 0 Å². The average Bonchev–Trinajstić information content (AvgIpc) is 3.40. The second kappa shape index (κ2) is 7.95. The van der Waals surface area contributed by atoms with Gasteiger partial charge in [0, 0.05) is 42.7 Å². The maximum absolute atomic E-state index is 12.7. The van der Waals surface area contributed by atoms with Crippen LogP contribution in [0.25, 0.3) is 10.9 Å². The van der Waals surface area contributed by atoms with Crippen molar-refractivity contribution >= 4 is 21.1 Å². The molecule has 0 spiro atoms. The van der Waals surface area contributed by atoms with Crippen molar-refractivity contribution in [3.05, 3.63) is 65.9 Å². The van der Waals surface area contributed by atoms with Crippen molar-refractivity contribution in [1.29, 1.82) is 0 Å². The van der Waals surface area contributed by atoms with E-state index in [1.165, 1.54) is 4.31 Å². The third-order valence-electron chi connectivity index (χ3n) is 5.39. The lowest BCUT2D eigenvalue weighted by atomic mass is 9.91. The van der Waals surface area contributed by atoms with E-state index in [0.717, 1.165) is 40.6 Å². The molecule has 0 aliphatic carbocycles. The van der Waals surface area contributed by atoms with Crippen LogP contribution in [0.3, 0.4) is 0 Å². The van der Waals surface area contributed by atoms with Crippen LogP contribution in [0.4, 0.5) is 0 Å². The number of hydrogen-bond donors (Lipinski definition) is 2. The Labute approximate surface area is 165 Å². The molecule has 28 heavy (non-hydrogen) atoms. The van der Waals surface area contributed by atoms with Crippen LogP contribution < -0.4 is 9.46 Å². The Morgan fingerprint density at radius 2 is 1.82 bits per heavy atom. The summed E-state index contributed by atoms with van der Waals surface area (Å²) in [7, 11) is -1.84. The predicted molar refractivity (Wildman–Crippen MR) is 111 cm³/mol. The maximum Gasteiger partial charge on any atom is 0.279 e. The normalized spacial score (nSPS) is 16.5. The number of para-hydroxylation sites is 1. The predicted octanol–water partition coefficient (Wildman–Crippen LogP) is 3.24. The zero-order valence-electron chi connectivity index (χ0n) is 15.9. The lowest BCUT2D eigenvalue weighted by Gasteiger charge is -2.21. The minimum absolute atomic E-state index is 0.112. The molecule has 0 amide bonds. The molecule has 0 bridgehead atoms. The van der Waals surface area contributed by atoms with Gasteiger partial charge in [0.15, 0.2) is 0 Å². The lowest BCUT2D eigenvalue weighted by Crippen LogP contribution is -2.40. The number of nitrogens with one attached hydrogen (secondary N) is 2. The molecule has 1 unspecified atom stereocenters. The van der Waals surface area contributed by atoms with Crippen molar-refractivity contribution in [1.82, 2.24) is 14.0 Å². The Morgan fingerprint density at radius 3 is 2.54 bits per heavy atom. The topological polar surface area (TPSA) is 74.4 Å². The summed E-state index contributed by atoms with van der Waals surface area (Å²) in [6.45, 7) is 1.48. The smallest absolute Gasteiger partial charge is 0.279 e. The van der Waals surface area contributed by atoms with Gasteiger partial charge >= 0.3 is 0 Å². The number of H-pyrrole nitrogens is 1. The summed E-state index contributed by atoms with van der Waals surface area (Å²) >= 11 is 0. The van der Waals surface area contributed by atoms with Gasteiger partial charge in [-0.25, -0.2) is 4.72 Å². The van der Waals surface area contributed by atoms with Crippen LogP contribution in [-0.2, 0) is 10.2 Å². The fourth-order valence-corrected chi connectivity index (χ4v) is 5.13. The van der Waals surface area contributed by atoms with Crippen LogP contribution >= 0.6 is 0 Å². The van der Waals surface area contributed by atoms with Crippen molar-refractivity contribution in [3.8, 4) is 5.75 Å². The van der Waals surface area contributed by atoms with Gasteiger partial charge < -0.3 is 9.72 Å². The molecule has 148 valence electrons. The summed E-state index contributed by atoms with van der Waals surface area (Å²) in [4.78, 5) is 3.30. The van der Waals surface area contributed by atoms with Crippen LogP contribution in [0.1, 0.15) is 29.9 Å². The molecule has 7 heteroatoms. The van der Waals surface area contributed by atoms with E-state index in [4.69, 9.17) is 4.74 Å². The largest absolute Gasteiger partial charge is 0.497 e. The molecule has 6 nitrogen and oxygen atoms in total. The average molecular weight is 400 g/mol. The van der Waals surface area contributed by atoms with Gasteiger partial charge in [0.1, 0.15) is 5.75 Å². The van der Waals surface area contributed by atoms with Gasteiger partial charge in [-0.15, -0.1) is 0 Å². The van der Waals surface area contributed by atoms with E-state index in [1.807, 2.05) is 48.7 Å². The van der Waals surface area contributed by atoms with E-state index in [2.05, 4.69) is 15.8 Å². The number of methoxy groups -OCH3 is 1. The zero-order valence-corrected chi connectivity index (χ0v) is 16.7. The summed E-state index contributed by atoms with van der Waals surface area (Å²) in [5.74, 6) is 0.665. The van der Waals surface area contributed by atoms with Gasteiger partial charge in [0.05, 0.1) is 7.11 Å². The first-order valence-electron chi connectivity index (χ1n) is 9.53. The lowest BCUT2D eigenvalue weighted by molar-refractivity contribution is 0.414. The SMILES string of the molecule is COc1ccc(C(CNS(=O)(=O)N2CCCC2)c2c[nH]c3ccccc23)cc1. The van der Waals surface area contributed by atoms with Gasteiger partial charge in [-0.3, -0.25) is 0 Å². The number of fused-ring (bicyclic) bond motifs is 1. The molecule has 1 atom stereocenters. The third kappa shape index (κ3) is 3.78. The summed E-state index contributed by atoms with van der Waals surface area (Å²) in [6, 6.07) is 15.9. The molecular weight excluding hydrogens is 374 g/mol. The van der Waals surface area contributed by atoms with Crippen LogP contribution in [0.15, 0.2) is 54.7 Å². The van der Waals surface area contributed by atoms with E-state index in [0.29, 0.717) is 19.6 Å². The van der Waals surface area contributed by atoms with Crippen molar-refractivity contribution in [2.24, 2.45) is 0 Å². The number of nitrogens with zero attached hydrogens (tertiary/aromatic N) is 1. The summed E-state index contributed by atoms with van der Waals surface area (Å²) in [6.07, 6.45) is 3.82. The molecule has 1 aliphatic rings. The number of rotatable bonds is 7. The molecule has 1 aromatic heterocycles. The molecule has 0 saturated carbocycles. The van der Waals surface area contributed by atoms with Crippen molar-refractivity contribution in [2.45, 2.75) is 18.8 Å². The molecule has 1 aliphatic heterocycles. The Kier molecular flexibility index (Phi) is 5.39. The molecule has 2 heterocycles. The second-order valence-electron chi connectivity index (χ2n) is 7.08. The van der Waals surface area contributed by atoms with E-state index >= 15 is 0 Å². The first-order chi connectivity index (χ1) is 13.6. The molecular formula is C21H25N3O3S. The molecule has 2 N–H and O–H groups in total. The highest BCUT2D eigenvalue weighted by Crippen LogP contribution is 2.31. The van der Waals surface area contributed by atoms with Gasteiger partial charge in [-0.1, -0.05) is 30.3 Å². The number of aromatic amines is 1. The highest BCUT2D eigenvalue weighted by Gasteiger charge is 2.27. The molecule has 2 aromatic carbocycles. The minimum Gasteiger partial charge on any atom is -0.497 e. The van der Waals surface area contributed by atoms with E-state index < -0.39 is 10.2 Å². The number of hydrogen-bond acceptors (Lipinski definition) is 3. The Hall–Kier alpha value is -2.35. The quantitative estimate of drug-likeness (QED) is 0.641. The minimum atomic E-state index is -3.47. The molecule has 1 saturated heterocycles. The number of ether oxygens (including phenoxy) is 1. The van der Waals surface area contributed by atoms with Crippen LogP contribution in [0, 0.1) is 0 Å². The highest BCUT2D eigenvalue weighted by atomic mass is 32.2. The van der Waals surface area contributed by atoms with E-state index in [9.17, 15) is 8.42 Å². The Bertz CT molecular complexity index is 1040.